The first-order valence-electron chi connectivity index (χ1n) is 4.57. The van der Waals surface area contributed by atoms with Crippen molar-refractivity contribution in [3.8, 4) is 5.75 Å². The fourth-order valence-corrected chi connectivity index (χ4v) is 1.27. The molecule has 0 radical (unpaired) electrons. The van der Waals surface area contributed by atoms with Crippen LogP contribution in [0.5, 0.6) is 5.75 Å². The van der Waals surface area contributed by atoms with E-state index in [0.717, 1.165) is 0 Å². The number of nitro groups is 1. The maximum atomic E-state index is 10.4. The Kier molecular flexibility index (Phi) is 3.15. The fraction of sp³-hybridized carbons (Fsp3) is 0.111. The Morgan fingerprint density at radius 1 is 1.47 bits per heavy atom. The zero-order valence-corrected chi connectivity index (χ0v) is 9.27. The molecule has 0 fully saturated rings. The molecule has 1 heterocycles. The zero-order valence-electron chi connectivity index (χ0n) is 8.45. The molecular formula is C9H7N3O4S. The summed E-state index contributed by atoms with van der Waals surface area (Å²) in [5.74, 6) is 0.799. The van der Waals surface area contributed by atoms with Gasteiger partial charge in [0.05, 0.1) is 4.92 Å². The molecule has 1 aromatic heterocycles. The van der Waals surface area contributed by atoms with Crippen LogP contribution in [0.1, 0.15) is 5.89 Å². The quantitative estimate of drug-likeness (QED) is 0.510. The largest absolute Gasteiger partial charge is 0.484 e. The van der Waals surface area contributed by atoms with Crippen LogP contribution in [0.15, 0.2) is 28.7 Å². The second-order valence-electron chi connectivity index (χ2n) is 3.05. The topological polar surface area (TPSA) is 94.2 Å². The normalized spacial score (nSPS) is 10.1. The highest BCUT2D eigenvalue weighted by Gasteiger charge is 2.05. The lowest BCUT2D eigenvalue weighted by Crippen LogP contribution is -1.96. The lowest BCUT2D eigenvalue weighted by molar-refractivity contribution is -0.384. The molecule has 2 rings (SSSR count). The van der Waals surface area contributed by atoms with Crippen molar-refractivity contribution < 1.29 is 14.1 Å². The number of nitrogens with zero attached hydrogens (tertiary/aromatic N) is 2. The number of nitrogens with one attached hydrogen (secondary N) is 1. The number of aromatic amines is 1. The van der Waals surface area contributed by atoms with Crippen LogP contribution >= 0.6 is 12.2 Å². The van der Waals surface area contributed by atoms with E-state index in [2.05, 4.69) is 10.2 Å². The maximum Gasteiger partial charge on any atom is 0.284 e. The molecule has 1 N–H and O–H groups in total. The number of hydrogen-bond acceptors (Lipinski definition) is 6. The molecule has 2 aromatic rings. The molecule has 0 amide bonds. The van der Waals surface area contributed by atoms with Gasteiger partial charge in [-0.3, -0.25) is 10.1 Å². The molecule has 1 aromatic carbocycles. The predicted molar refractivity (Wildman–Crippen MR) is 59.1 cm³/mol. The average Bonchev–Trinajstić information content (AvgIpc) is 2.73. The van der Waals surface area contributed by atoms with E-state index < -0.39 is 4.92 Å². The molecule has 0 bridgehead atoms. The first-order valence-corrected chi connectivity index (χ1v) is 4.97. The van der Waals surface area contributed by atoms with Gasteiger partial charge in [0.2, 0.25) is 0 Å². The van der Waals surface area contributed by atoms with Gasteiger partial charge in [-0.15, -0.1) is 5.10 Å². The van der Waals surface area contributed by atoms with Gasteiger partial charge < -0.3 is 9.15 Å². The standard InChI is InChI=1S/C9H7N3O4S/c13-12(14)6-1-3-7(4-2-6)15-5-8-10-11-9(17)16-8/h1-4H,5H2,(H,11,17). The van der Waals surface area contributed by atoms with Crippen LogP contribution in [0.25, 0.3) is 0 Å². The van der Waals surface area contributed by atoms with Crippen molar-refractivity contribution in [2.24, 2.45) is 0 Å². The minimum atomic E-state index is -0.476. The zero-order chi connectivity index (χ0) is 12.3. The summed E-state index contributed by atoms with van der Waals surface area (Å²) in [6.07, 6.45) is 0. The second kappa shape index (κ2) is 4.74. The minimum absolute atomic E-state index is 0.00894. The van der Waals surface area contributed by atoms with E-state index in [-0.39, 0.29) is 17.1 Å². The highest BCUT2D eigenvalue weighted by Crippen LogP contribution is 2.18. The Bertz CT molecular complexity index is 574. The summed E-state index contributed by atoms with van der Waals surface area (Å²) >= 11 is 4.69. The molecule has 7 nitrogen and oxygen atoms in total. The Labute approximate surface area is 100 Å². The number of benzene rings is 1. The summed E-state index contributed by atoms with van der Waals surface area (Å²) in [6.45, 7) is 0.102. The molecule has 0 saturated carbocycles. The van der Waals surface area contributed by atoms with E-state index in [1.165, 1.54) is 24.3 Å². The lowest BCUT2D eigenvalue weighted by Gasteiger charge is -2.01. The van der Waals surface area contributed by atoms with Crippen molar-refractivity contribution in [2.45, 2.75) is 6.61 Å². The third-order valence-corrected chi connectivity index (χ3v) is 2.07. The van der Waals surface area contributed by atoms with Crippen molar-refractivity contribution in [1.82, 2.24) is 10.2 Å². The highest BCUT2D eigenvalue weighted by molar-refractivity contribution is 7.71. The number of aromatic nitrogens is 2. The summed E-state index contributed by atoms with van der Waals surface area (Å²) < 4.78 is 10.3. The first kappa shape index (κ1) is 11.3. The summed E-state index contributed by atoms with van der Waals surface area (Å²) in [4.78, 5) is 10.1. The van der Waals surface area contributed by atoms with E-state index in [4.69, 9.17) is 21.4 Å². The summed E-state index contributed by atoms with van der Waals surface area (Å²) in [5.41, 5.74) is 0.00894. The van der Waals surface area contributed by atoms with Crippen LogP contribution in [0, 0.1) is 15.0 Å². The molecule has 0 saturated heterocycles. The molecule has 17 heavy (non-hydrogen) atoms. The van der Waals surface area contributed by atoms with E-state index in [1.807, 2.05) is 0 Å². The molecule has 0 aliphatic carbocycles. The molecule has 0 aliphatic rings. The van der Waals surface area contributed by atoms with Crippen molar-refractivity contribution in [3.63, 3.8) is 0 Å². The van der Waals surface area contributed by atoms with Crippen molar-refractivity contribution in [2.75, 3.05) is 0 Å². The van der Waals surface area contributed by atoms with Gasteiger partial charge in [-0.1, -0.05) is 0 Å². The maximum absolute atomic E-state index is 10.4. The molecule has 0 spiro atoms. The van der Waals surface area contributed by atoms with E-state index in [1.54, 1.807) is 0 Å². The molecule has 0 aliphatic heterocycles. The van der Waals surface area contributed by atoms with Gasteiger partial charge in [0, 0.05) is 12.1 Å². The van der Waals surface area contributed by atoms with Crippen LogP contribution in [-0.2, 0) is 6.61 Å². The summed E-state index contributed by atoms with van der Waals surface area (Å²) in [6, 6.07) is 5.71. The number of H-pyrrole nitrogens is 1. The fourth-order valence-electron chi connectivity index (χ4n) is 1.13. The molecule has 0 atom stereocenters. The number of hydrogen-bond donors (Lipinski definition) is 1. The van der Waals surface area contributed by atoms with Crippen molar-refractivity contribution in [3.05, 3.63) is 45.1 Å². The molecule has 88 valence electrons. The van der Waals surface area contributed by atoms with Crippen LogP contribution < -0.4 is 4.74 Å². The summed E-state index contributed by atoms with van der Waals surface area (Å²) in [7, 11) is 0. The van der Waals surface area contributed by atoms with Crippen molar-refractivity contribution >= 4 is 17.9 Å². The average molecular weight is 253 g/mol. The first-order chi connectivity index (χ1) is 8.15. The van der Waals surface area contributed by atoms with Crippen LogP contribution in [0.2, 0.25) is 0 Å². The third kappa shape index (κ3) is 2.88. The van der Waals surface area contributed by atoms with Gasteiger partial charge in [-0.2, -0.15) is 0 Å². The van der Waals surface area contributed by atoms with Crippen LogP contribution in [0.3, 0.4) is 0 Å². The van der Waals surface area contributed by atoms with Gasteiger partial charge in [0.15, 0.2) is 6.61 Å². The van der Waals surface area contributed by atoms with Gasteiger partial charge in [-0.25, -0.2) is 5.10 Å². The number of ether oxygens (including phenoxy) is 1. The number of nitro benzene ring substituents is 1. The lowest BCUT2D eigenvalue weighted by atomic mass is 10.3. The number of rotatable bonds is 4. The second-order valence-corrected chi connectivity index (χ2v) is 3.42. The molecule has 0 unspecified atom stereocenters. The Morgan fingerprint density at radius 2 is 2.18 bits per heavy atom. The van der Waals surface area contributed by atoms with E-state index >= 15 is 0 Å². The molecule has 8 heteroatoms. The van der Waals surface area contributed by atoms with E-state index in [9.17, 15) is 10.1 Å². The third-order valence-electron chi connectivity index (χ3n) is 1.89. The Balaban J connectivity index is 2.00. The van der Waals surface area contributed by atoms with Gasteiger partial charge in [0.25, 0.3) is 16.4 Å². The SMILES string of the molecule is O=[N+]([O-])c1ccc(OCc2n[nH]c(=S)o2)cc1. The number of non-ortho nitro benzene ring substituents is 1. The highest BCUT2D eigenvalue weighted by atomic mass is 32.1. The summed E-state index contributed by atoms with van der Waals surface area (Å²) in [5, 5.41) is 16.6. The Morgan fingerprint density at radius 3 is 2.71 bits per heavy atom. The van der Waals surface area contributed by atoms with Gasteiger partial charge in [-0.05, 0) is 24.4 Å². The van der Waals surface area contributed by atoms with Crippen LogP contribution in [-0.4, -0.2) is 15.1 Å². The van der Waals surface area contributed by atoms with Crippen molar-refractivity contribution in [1.29, 1.82) is 0 Å². The molecular weight excluding hydrogens is 246 g/mol. The monoisotopic (exact) mass is 253 g/mol. The van der Waals surface area contributed by atoms with E-state index in [0.29, 0.717) is 11.6 Å². The predicted octanol–water partition coefficient (Wildman–Crippen LogP) is 2.22. The van der Waals surface area contributed by atoms with Gasteiger partial charge >= 0.3 is 0 Å². The smallest absolute Gasteiger partial charge is 0.284 e. The van der Waals surface area contributed by atoms with Gasteiger partial charge in [0.1, 0.15) is 5.75 Å². The van der Waals surface area contributed by atoms with Crippen LogP contribution in [0.4, 0.5) is 5.69 Å². The minimum Gasteiger partial charge on any atom is -0.484 e. The Hall–Kier alpha value is -2.22.